The van der Waals surface area contributed by atoms with Gasteiger partial charge in [-0.15, -0.1) is 11.3 Å². The van der Waals surface area contributed by atoms with Crippen LogP contribution in [-0.2, 0) is 11.2 Å². The van der Waals surface area contributed by atoms with Crippen LogP contribution in [0.3, 0.4) is 0 Å². The number of amides is 2. The van der Waals surface area contributed by atoms with E-state index in [0.29, 0.717) is 43.7 Å². The zero-order valence-electron chi connectivity index (χ0n) is 13.5. The molecule has 4 nitrogen and oxygen atoms in total. The standard InChI is InChI=1S/C18H19FN2O2S/c1-13-11-14(4-5-16(13)19)18(23)21-8-6-20(7-9-21)17(22)12-15-3-2-10-24-15/h2-5,10-11H,6-9,12H2,1H3. The van der Waals surface area contributed by atoms with Gasteiger partial charge in [-0.3, -0.25) is 9.59 Å². The van der Waals surface area contributed by atoms with Crippen LogP contribution in [0.25, 0.3) is 0 Å². The monoisotopic (exact) mass is 346 g/mol. The molecule has 1 aromatic carbocycles. The van der Waals surface area contributed by atoms with Crippen molar-refractivity contribution in [2.45, 2.75) is 13.3 Å². The zero-order chi connectivity index (χ0) is 17.1. The van der Waals surface area contributed by atoms with E-state index in [1.807, 2.05) is 17.5 Å². The number of hydrogen-bond donors (Lipinski definition) is 0. The SMILES string of the molecule is Cc1cc(C(=O)N2CCN(C(=O)Cc3cccs3)CC2)ccc1F. The van der Waals surface area contributed by atoms with Crippen LogP contribution in [0.1, 0.15) is 20.8 Å². The highest BCUT2D eigenvalue weighted by molar-refractivity contribution is 7.10. The Balaban J connectivity index is 1.57. The Hall–Kier alpha value is -2.21. The average Bonchev–Trinajstić information content (AvgIpc) is 3.10. The number of carbonyl (C=O) groups excluding carboxylic acids is 2. The van der Waals surface area contributed by atoms with Crippen LogP contribution < -0.4 is 0 Å². The van der Waals surface area contributed by atoms with E-state index in [0.717, 1.165) is 4.88 Å². The molecule has 1 aliphatic heterocycles. The Bertz CT molecular complexity index is 737. The number of thiophene rings is 1. The van der Waals surface area contributed by atoms with Gasteiger partial charge in [0.2, 0.25) is 5.91 Å². The van der Waals surface area contributed by atoms with E-state index in [9.17, 15) is 14.0 Å². The lowest BCUT2D eigenvalue weighted by Crippen LogP contribution is -2.51. The highest BCUT2D eigenvalue weighted by Gasteiger charge is 2.25. The first-order valence-corrected chi connectivity index (χ1v) is 8.78. The fraction of sp³-hybridized carbons (Fsp3) is 0.333. The van der Waals surface area contributed by atoms with Gasteiger partial charge in [-0.2, -0.15) is 0 Å². The molecule has 1 aromatic heterocycles. The van der Waals surface area contributed by atoms with Crippen LogP contribution in [0.4, 0.5) is 4.39 Å². The summed E-state index contributed by atoms with van der Waals surface area (Å²) in [6.45, 7) is 3.73. The van der Waals surface area contributed by atoms with Gasteiger partial charge in [-0.05, 0) is 42.1 Å². The number of carbonyl (C=O) groups is 2. The van der Waals surface area contributed by atoms with Crippen molar-refractivity contribution < 1.29 is 14.0 Å². The van der Waals surface area contributed by atoms with Gasteiger partial charge in [0.05, 0.1) is 6.42 Å². The van der Waals surface area contributed by atoms with Gasteiger partial charge >= 0.3 is 0 Å². The molecule has 0 saturated carbocycles. The van der Waals surface area contributed by atoms with Crippen LogP contribution in [0.15, 0.2) is 35.7 Å². The fourth-order valence-electron chi connectivity index (χ4n) is 2.79. The van der Waals surface area contributed by atoms with E-state index >= 15 is 0 Å². The molecular formula is C18H19FN2O2S. The molecule has 0 N–H and O–H groups in total. The maximum atomic E-state index is 13.3. The topological polar surface area (TPSA) is 40.6 Å². The Labute approximate surface area is 144 Å². The lowest BCUT2D eigenvalue weighted by Gasteiger charge is -2.35. The summed E-state index contributed by atoms with van der Waals surface area (Å²) in [5.74, 6) is -0.318. The Kier molecular flexibility index (Phi) is 4.94. The number of rotatable bonds is 3. The van der Waals surface area contributed by atoms with Crippen molar-refractivity contribution in [3.8, 4) is 0 Å². The second-order valence-corrected chi connectivity index (χ2v) is 6.93. The molecule has 24 heavy (non-hydrogen) atoms. The molecule has 0 spiro atoms. The summed E-state index contributed by atoms with van der Waals surface area (Å²) in [4.78, 5) is 29.4. The Morgan fingerprint density at radius 3 is 2.46 bits per heavy atom. The maximum Gasteiger partial charge on any atom is 0.253 e. The van der Waals surface area contributed by atoms with Gasteiger partial charge in [0.25, 0.3) is 5.91 Å². The van der Waals surface area contributed by atoms with Crippen LogP contribution in [-0.4, -0.2) is 47.8 Å². The van der Waals surface area contributed by atoms with Gasteiger partial charge < -0.3 is 9.80 Å². The predicted octanol–water partition coefficient (Wildman–Crippen LogP) is 2.72. The minimum atomic E-state index is -0.310. The van der Waals surface area contributed by atoms with Gasteiger partial charge in [0, 0.05) is 36.6 Å². The number of piperazine rings is 1. The van der Waals surface area contributed by atoms with E-state index in [2.05, 4.69) is 0 Å². The number of aryl methyl sites for hydroxylation is 1. The van der Waals surface area contributed by atoms with Crippen molar-refractivity contribution in [1.29, 1.82) is 0 Å². The van der Waals surface area contributed by atoms with Crippen molar-refractivity contribution in [2.75, 3.05) is 26.2 Å². The summed E-state index contributed by atoms with van der Waals surface area (Å²) in [6, 6.07) is 8.31. The first kappa shape index (κ1) is 16.6. The fourth-order valence-corrected chi connectivity index (χ4v) is 3.49. The van der Waals surface area contributed by atoms with E-state index in [4.69, 9.17) is 0 Å². The van der Waals surface area contributed by atoms with Crippen LogP contribution in [0.2, 0.25) is 0 Å². The average molecular weight is 346 g/mol. The maximum absolute atomic E-state index is 13.3. The number of benzene rings is 1. The molecule has 2 aromatic rings. The number of nitrogens with zero attached hydrogens (tertiary/aromatic N) is 2. The molecule has 0 unspecified atom stereocenters. The van der Waals surface area contributed by atoms with Crippen molar-refractivity contribution in [1.82, 2.24) is 9.80 Å². The van der Waals surface area contributed by atoms with Crippen molar-refractivity contribution in [3.05, 3.63) is 57.5 Å². The van der Waals surface area contributed by atoms with Gasteiger partial charge in [0.15, 0.2) is 0 Å². The lowest BCUT2D eigenvalue weighted by molar-refractivity contribution is -0.131. The molecule has 126 valence electrons. The second kappa shape index (κ2) is 7.13. The number of halogens is 1. The smallest absolute Gasteiger partial charge is 0.253 e. The normalized spacial score (nSPS) is 14.8. The molecule has 1 saturated heterocycles. The minimum absolute atomic E-state index is 0.0992. The Morgan fingerprint density at radius 1 is 1.12 bits per heavy atom. The summed E-state index contributed by atoms with van der Waals surface area (Å²) >= 11 is 1.58. The lowest BCUT2D eigenvalue weighted by atomic mass is 10.1. The zero-order valence-corrected chi connectivity index (χ0v) is 14.3. The van der Waals surface area contributed by atoms with E-state index < -0.39 is 0 Å². The predicted molar refractivity (Wildman–Crippen MR) is 91.6 cm³/mol. The largest absolute Gasteiger partial charge is 0.339 e. The van der Waals surface area contributed by atoms with Crippen LogP contribution >= 0.6 is 11.3 Å². The molecule has 0 radical (unpaired) electrons. The highest BCUT2D eigenvalue weighted by atomic mass is 32.1. The summed E-state index contributed by atoms with van der Waals surface area (Å²) in [5, 5.41) is 1.96. The first-order chi connectivity index (χ1) is 11.5. The van der Waals surface area contributed by atoms with Crippen LogP contribution in [0, 0.1) is 12.7 Å². The molecule has 0 atom stereocenters. The van der Waals surface area contributed by atoms with Gasteiger partial charge in [-0.1, -0.05) is 6.07 Å². The second-order valence-electron chi connectivity index (χ2n) is 5.89. The third-order valence-corrected chi connectivity index (χ3v) is 5.11. The third-order valence-electron chi connectivity index (χ3n) is 4.23. The summed E-state index contributed by atoms with van der Waals surface area (Å²) in [5.41, 5.74) is 0.956. The molecule has 2 amide bonds. The first-order valence-electron chi connectivity index (χ1n) is 7.90. The highest BCUT2D eigenvalue weighted by Crippen LogP contribution is 2.15. The van der Waals surface area contributed by atoms with Gasteiger partial charge in [0.1, 0.15) is 5.82 Å². The quantitative estimate of drug-likeness (QED) is 0.857. The van der Waals surface area contributed by atoms with E-state index in [1.54, 1.807) is 34.1 Å². The van der Waals surface area contributed by atoms with Crippen molar-refractivity contribution >= 4 is 23.2 Å². The number of hydrogen-bond acceptors (Lipinski definition) is 3. The van der Waals surface area contributed by atoms with Gasteiger partial charge in [-0.25, -0.2) is 4.39 Å². The van der Waals surface area contributed by atoms with Crippen LogP contribution in [0.5, 0.6) is 0 Å². The summed E-state index contributed by atoms with van der Waals surface area (Å²) in [6.07, 6.45) is 0.419. The van der Waals surface area contributed by atoms with E-state index in [1.165, 1.54) is 12.1 Å². The molecule has 1 aliphatic rings. The van der Waals surface area contributed by atoms with Crippen molar-refractivity contribution in [3.63, 3.8) is 0 Å². The molecular weight excluding hydrogens is 327 g/mol. The van der Waals surface area contributed by atoms with E-state index in [-0.39, 0.29) is 17.6 Å². The molecule has 0 bridgehead atoms. The summed E-state index contributed by atoms with van der Waals surface area (Å²) in [7, 11) is 0. The third kappa shape index (κ3) is 3.64. The molecule has 2 heterocycles. The molecule has 6 heteroatoms. The molecule has 3 rings (SSSR count). The Morgan fingerprint density at radius 2 is 1.83 bits per heavy atom. The molecule has 1 fully saturated rings. The summed E-state index contributed by atoms with van der Waals surface area (Å²) < 4.78 is 13.3. The van der Waals surface area contributed by atoms with Crippen molar-refractivity contribution in [2.24, 2.45) is 0 Å². The minimum Gasteiger partial charge on any atom is -0.339 e. The molecule has 0 aliphatic carbocycles.